The van der Waals surface area contributed by atoms with Gasteiger partial charge in [0.25, 0.3) is 0 Å². The molecular formula is C13H18N4S. The monoisotopic (exact) mass is 262 g/mol. The largest absolute Gasteiger partial charge is 0.352 e. The Hall–Kier alpha value is -1.20. The molecule has 1 aliphatic heterocycles. The maximum Gasteiger partial charge on any atom is 0.141 e. The Kier molecular flexibility index (Phi) is 3.18. The molecule has 0 bridgehead atoms. The van der Waals surface area contributed by atoms with E-state index < -0.39 is 0 Å². The van der Waals surface area contributed by atoms with Gasteiger partial charge in [0.15, 0.2) is 0 Å². The van der Waals surface area contributed by atoms with Crippen LogP contribution in [0.5, 0.6) is 0 Å². The van der Waals surface area contributed by atoms with Crippen LogP contribution in [-0.4, -0.2) is 29.1 Å². The quantitative estimate of drug-likeness (QED) is 0.902. The van der Waals surface area contributed by atoms with E-state index in [-0.39, 0.29) is 0 Å². The van der Waals surface area contributed by atoms with Gasteiger partial charge in [-0.1, -0.05) is 6.92 Å². The maximum atomic E-state index is 5.93. The molecule has 5 heteroatoms. The number of rotatable bonds is 2. The maximum absolute atomic E-state index is 5.93. The van der Waals surface area contributed by atoms with Crippen molar-refractivity contribution in [3.05, 3.63) is 17.8 Å². The molecule has 96 valence electrons. The molecule has 0 amide bonds. The molecule has 2 unspecified atom stereocenters. The van der Waals surface area contributed by atoms with Crippen LogP contribution in [0.15, 0.2) is 17.8 Å². The molecular weight excluding hydrogens is 244 g/mol. The second-order valence-corrected chi connectivity index (χ2v) is 5.94. The molecule has 0 radical (unpaired) electrons. The molecule has 3 rings (SSSR count). The average Bonchev–Trinajstić information content (AvgIpc) is 2.86. The van der Waals surface area contributed by atoms with Gasteiger partial charge in [-0.2, -0.15) is 0 Å². The van der Waals surface area contributed by atoms with Crippen molar-refractivity contribution in [1.82, 2.24) is 9.97 Å². The number of hydrogen-bond donors (Lipinski definition) is 1. The van der Waals surface area contributed by atoms with Crippen molar-refractivity contribution in [3.63, 3.8) is 0 Å². The van der Waals surface area contributed by atoms with Crippen LogP contribution in [0.4, 0.5) is 5.82 Å². The second kappa shape index (κ2) is 4.82. The van der Waals surface area contributed by atoms with E-state index >= 15 is 0 Å². The van der Waals surface area contributed by atoms with Gasteiger partial charge in [-0.25, -0.2) is 9.97 Å². The number of thiophene rings is 1. The van der Waals surface area contributed by atoms with E-state index in [4.69, 9.17) is 5.73 Å². The summed E-state index contributed by atoms with van der Waals surface area (Å²) in [5.41, 5.74) is 5.93. The van der Waals surface area contributed by atoms with Crippen LogP contribution in [0.25, 0.3) is 10.2 Å². The molecule has 0 spiro atoms. The van der Waals surface area contributed by atoms with Gasteiger partial charge in [0, 0.05) is 19.1 Å². The Balaban J connectivity index is 2.00. The lowest BCUT2D eigenvalue weighted by atomic mass is 9.92. The molecule has 18 heavy (non-hydrogen) atoms. The van der Waals surface area contributed by atoms with Crippen LogP contribution in [0.2, 0.25) is 0 Å². The number of piperidine rings is 1. The van der Waals surface area contributed by atoms with Gasteiger partial charge in [0.05, 0.1) is 5.39 Å². The predicted molar refractivity (Wildman–Crippen MR) is 76.0 cm³/mol. The number of nitrogens with two attached hydrogens (primary N) is 1. The third kappa shape index (κ3) is 1.97. The highest BCUT2D eigenvalue weighted by molar-refractivity contribution is 7.16. The molecule has 0 saturated carbocycles. The molecule has 1 fully saturated rings. The first-order valence-electron chi connectivity index (χ1n) is 6.44. The van der Waals surface area contributed by atoms with Crippen LogP contribution in [0.3, 0.4) is 0 Å². The highest BCUT2D eigenvalue weighted by Crippen LogP contribution is 2.32. The van der Waals surface area contributed by atoms with Crippen LogP contribution < -0.4 is 10.6 Å². The van der Waals surface area contributed by atoms with Gasteiger partial charge < -0.3 is 10.6 Å². The Bertz CT molecular complexity index is 539. The highest BCUT2D eigenvalue weighted by atomic mass is 32.1. The summed E-state index contributed by atoms with van der Waals surface area (Å²) in [7, 11) is 0. The van der Waals surface area contributed by atoms with Crippen molar-refractivity contribution in [2.45, 2.75) is 25.8 Å². The molecule has 2 atom stereocenters. The van der Waals surface area contributed by atoms with Crippen molar-refractivity contribution in [1.29, 1.82) is 0 Å². The van der Waals surface area contributed by atoms with Gasteiger partial charge >= 0.3 is 0 Å². The van der Waals surface area contributed by atoms with Crippen LogP contribution in [-0.2, 0) is 0 Å². The SMILES string of the molecule is CC1CCN(c2ncnc3sccc23)C(CN)C1. The summed E-state index contributed by atoms with van der Waals surface area (Å²) in [6, 6.07) is 2.52. The predicted octanol–water partition coefficient (Wildman–Crippen LogP) is 2.25. The molecule has 0 aliphatic carbocycles. The zero-order chi connectivity index (χ0) is 12.5. The fraction of sp³-hybridized carbons (Fsp3) is 0.538. The van der Waals surface area contributed by atoms with Gasteiger partial charge in [0.2, 0.25) is 0 Å². The first-order valence-corrected chi connectivity index (χ1v) is 7.32. The van der Waals surface area contributed by atoms with E-state index in [2.05, 4.69) is 33.2 Å². The molecule has 0 aromatic carbocycles. The van der Waals surface area contributed by atoms with Crippen molar-refractivity contribution in [2.24, 2.45) is 11.7 Å². The van der Waals surface area contributed by atoms with E-state index in [0.717, 1.165) is 34.9 Å². The van der Waals surface area contributed by atoms with E-state index in [1.54, 1.807) is 17.7 Å². The minimum atomic E-state index is 0.409. The number of aromatic nitrogens is 2. The minimum Gasteiger partial charge on any atom is -0.352 e. The van der Waals surface area contributed by atoms with Gasteiger partial charge in [-0.3, -0.25) is 0 Å². The van der Waals surface area contributed by atoms with Gasteiger partial charge in [-0.05, 0) is 30.2 Å². The summed E-state index contributed by atoms with van der Waals surface area (Å²) in [5, 5.41) is 3.24. The third-order valence-electron chi connectivity index (χ3n) is 3.76. The van der Waals surface area contributed by atoms with Gasteiger partial charge in [-0.15, -0.1) is 11.3 Å². The molecule has 4 nitrogen and oxygen atoms in total. The number of hydrogen-bond acceptors (Lipinski definition) is 5. The molecule has 2 N–H and O–H groups in total. The van der Waals surface area contributed by atoms with Crippen molar-refractivity contribution >= 4 is 27.4 Å². The summed E-state index contributed by atoms with van der Waals surface area (Å²) in [4.78, 5) is 12.2. The summed E-state index contributed by atoms with van der Waals surface area (Å²) in [6.07, 6.45) is 4.04. The van der Waals surface area contributed by atoms with Crippen LogP contribution in [0, 0.1) is 5.92 Å². The summed E-state index contributed by atoms with van der Waals surface area (Å²) in [6.45, 7) is 4.05. The molecule has 1 saturated heterocycles. The average molecular weight is 262 g/mol. The van der Waals surface area contributed by atoms with Crippen LogP contribution in [0.1, 0.15) is 19.8 Å². The molecule has 2 aromatic rings. The number of anilines is 1. The van der Waals surface area contributed by atoms with E-state index in [9.17, 15) is 0 Å². The fourth-order valence-corrected chi connectivity index (χ4v) is 3.49. The zero-order valence-corrected chi connectivity index (χ0v) is 11.4. The van der Waals surface area contributed by atoms with E-state index in [0.29, 0.717) is 12.6 Å². The lowest BCUT2D eigenvalue weighted by molar-refractivity contribution is 0.365. The summed E-state index contributed by atoms with van der Waals surface area (Å²) in [5.74, 6) is 1.82. The Morgan fingerprint density at radius 1 is 1.50 bits per heavy atom. The summed E-state index contributed by atoms with van der Waals surface area (Å²) >= 11 is 1.67. The molecule has 3 heterocycles. The van der Waals surface area contributed by atoms with Crippen molar-refractivity contribution in [2.75, 3.05) is 18.0 Å². The van der Waals surface area contributed by atoms with Gasteiger partial charge in [0.1, 0.15) is 17.0 Å². The third-order valence-corrected chi connectivity index (χ3v) is 4.58. The van der Waals surface area contributed by atoms with Crippen molar-refractivity contribution in [3.8, 4) is 0 Å². The lowest BCUT2D eigenvalue weighted by Crippen LogP contribution is -2.46. The van der Waals surface area contributed by atoms with E-state index in [1.807, 2.05) is 0 Å². The normalized spacial score (nSPS) is 24.7. The molecule has 1 aliphatic rings. The second-order valence-electron chi connectivity index (χ2n) is 5.05. The smallest absolute Gasteiger partial charge is 0.141 e. The standard InChI is InChI=1S/C13H18N4S/c1-9-2-4-17(10(6-9)7-14)12-11-3-5-18-13(11)16-8-15-12/h3,5,8-10H,2,4,6-7,14H2,1H3. The zero-order valence-electron chi connectivity index (χ0n) is 10.5. The van der Waals surface area contributed by atoms with Crippen LogP contribution >= 0.6 is 11.3 Å². The topological polar surface area (TPSA) is 55.0 Å². The Morgan fingerprint density at radius 3 is 3.22 bits per heavy atom. The number of fused-ring (bicyclic) bond motifs is 1. The first kappa shape index (κ1) is 11.9. The lowest BCUT2D eigenvalue weighted by Gasteiger charge is -2.39. The highest BCUT2D eigenvalue weighted by Gasteiger charge is 2.27. The Labute approximate surface area is 111 Å². The first-order chi connectivity index (χ1) is 8.79. The minimum absolute atomic E-state index is 0.409. The summed E-state index contributed by atoms with van der Waals surface area (Å²) < 4.78 is 0. The number of nitrogens with zero attached hydrogens (tertiary/aromatic N) is 3. The van der Waals surface area contributed by atoms with Crippen molar-refractivity contribution < 1.29 is 0 Å². The fourth-order valence-electron chi connectivity index (χ4n) is 2.76. The molecule has 2 aromatic heterocycles. The van der Waals surface area contributed by atoms with E-state index in [1.165, 1.54) is 6.42 Å². The Morgan fingerprint density at radius 2 is 2.39 bits per heavy atom.